The standard InChI is InChI=1S/C17H13BrFN3S/c18-14-8-7-13(15(19)10-14)11-23-17-20-16(21-22-17)9-6-12-4-2-1-3-5-12/h1-10H,11H2,(H,20,21,22)/b9-6+. The second-order valence-corrected chi connectivity index (χ2v) is 6.63. The lowest BCUT2D eigenvalue weighted by Crippen LogP contribution is -1.88. The molecule has 3 nitrogen and oxygen atoms in total. The van der Waals surface area contributed by atoms with Crippen molar-refractivity contribution in [1.29, 1.82) is 0 Å². The van der Waals surface area contributed by atoms with Crippen LogP contribution in [-0.4, -0.2) is 15.2 Å². The molecule has 0 aliphatic rings. The third kappa shape index (κ3) is 4.53. The topological polar surface area (TPSA) is 41.6 Å². The monoisotopic (exact) mass is 389 g/mol. The van der Waals surface area contributed by atoms with Gasteiger partial charge in [-0.25, -0.2) is 9.37 Å². The normalized spacial score (nSPS) is 11.2. The minimum atomic E-state index is -0.230. The summed E-state index contributed by atoms with van der Waals surface area (Å²) in [6, 6.07) is 15.0. The highest BCUT2D eigenvalue weighted by molar-refractivity contribution is 9.10. The summed E-state index contributed by atoms with van der Waals surface area (Å²) in [5.41, 5.74) is 1.72. The van der Waals surface area contributed by atoms with E-state index in [1.807, 2.05) is 48.6 Å². The van der Waals surface area contributed by atoms with E-state index in [2.05, 4.69) is 31.1 Å². The van der Waals surface area contributed by atoms with Crippen molar-refractivity contribution in [2.45, 2.75) is 10.9 Å². The minimum Gasteiger partial charge on any atom is -0.259 e. The number of aromatic amines is 1. The molecule has 0 radical (unpaired) electrons. The number of halogens is 2. The smallest absolute Gasteiger partial charge is 0.209 e. The number of aromatic nitrogens is 3. The maximum absolute atomic E-state index is 13.8. The van der Waals surface area contributed by atoms with Crippen molar-refractivity contribution >= 4 is 39.8 Å². The number of hydrogen-bond acceptors (Lipinski definition) is 3. The molecule has 6 heteroatoms. The molecule has 0 saturated carbocycles. The second-order valence-electron chi connectivity index (χ2n) is 4.77. The van der Waals surface area contributed by atoms with Gasteiger partial charge in [0.15, 0.2) is 0 Å². The van der Waals surface area contributed by atoms with E-state index >= 15 is 0 Å². The van der Waals surface area contributed by atoms with Crippen LogP contribution in [-0.2, 0) is 5.75 Å². The lowest BCUT2D eigenvalue weighted by atomic mass is 10.2. The van der Waals surface area contributed by atoms with Crippen LogP contribution in [0, 0.1) is 5.82 Å². The van der Waals surface area contributed by atoms with Crippen LogP contribution in [0.1, 0.15) is 17.0 Å². The van der Waals surface area contributed by atoms with Gasteiger partial charge in [-0.15, -0.1) is 5.10 Å². The molecule has 1 N–H and O–H groups in total. The molecule has 0 amide bonds. The van der Waals surface area contributed by atoms with Crippen molar-refractivity contribution in [3.8, 4) is 0 Å². The van der Waals surface area contributed by atoms with Crippen LogP contribution in [0.5, 0.6) is 0 Å². The summed E-state index contributed by atoms with van der Waals surface area (Å²) < 4.78 is 14.5. The van der Waals surface area contributed by atoms with Crippen LogP contribution in [0.25, 0.3) is 12.2 Å². The molecule has 116 valence electrons. The summed E-state index contributed by atoms with van der Waals surface area (Å²) in [5.74, 6) is 0.929. The Morgan fingerprint density at radius 3 is 2.74 bits per heavy atom. The first-order valence-electron chi connectivity index (χ1n) is 6.93. The first kappa shape index (κ1) is 16.0. The van der Waals surface area contributed by atoms with E-state index in [1.54, 1.807) is 6.07 Å². The summed E-state index contributed by atoms with van der Waals surface area (Å²) in [7, 11) is 0. The van der Waals surface area contributed by atoms with E-state index < -0.39 is 0 Å². The van der Waals surface area contributed by atoms with Crippen LogP contribution in [0.15, 0.2) is 58.2 Å². The van der Waals surface area contributed by atoms with Gasteiger partial charge in [-0.2, -0.15) is 0 Å². The zero-order chi connectivity index (χ0) is 16.1. The Labute approximate surface area is 146 Å². The van der Waals surface area contributed by atoms with Gasteiger partial charge in [0.2, 0.25) is 5.16 Å². The Hall–Kier alpha value is -1.92. The van der Waals surface area contributed by atoms with Crippen molar-refractivity contribution in [1.82, 2.24) is 15.2 Å². The molecule has 0 atom stereocenters. The molecule has 3 rings (SSSR count). The summed E-state index contributed by atoms with van der Waals surface area (Å²) in [6.45, 7) is 0. The van der Waals surface area contributed by atoms with E-state index in [1.165, 1.54) is 17.8 Å². The zero-order valence-electron chi connectivity index (χ0n) is 12.0. The van der Waals surface area contributed by atoms with Crippen LogP contribution in [0.3, 0.4) is 0 Å². The number of nitrogens with zero attached hydrogens (tertiary/aromatic N) is 2. The van der Waals surface area contributed by atoms with Gasteiger partial charge in [0.05, 0.1) is 0 Å². The fourth-order valence-corrected chi connectivity index (χ4v) is 3.04. The van der Waals surface area contributed by atoms with Gasteiger partial charge in [-0.05, 0) is 29.3 Å². The van der Waals surface area contributed by atoms with E-state index in [-0.39, 0.29) is 5.82 Å². The number of benzene rings is 2. The number of rotatable bonds is 5. The van der Waals surface area contributed by atoms with Crippen LogP contribution < -0.4 is 0 Å². The third-order valence-corrected chi connectivity index (χ3v) is 4.48. The van der Waals surface area contributed by atoms with Crippen molar-refractivity contribution < 1.29 is 4.39 Å². The highest BCUT2D eigenvalue weighted by Gasteiger charge is 2.06. The molecule has 1 heterocycles. The molecule has 23 heavy (non-hydrogen) atoms. The predicted molar refractivity (Wildman–Crippen MR) is 95.4 cm³/mol. The zero-order valence-corrected chi connectivity index (χ0v) is 14.4. The second kappa shape index (κ2) is 7.57. The van der Waals surface area contributed by atoms with E-state index in [0.717, 1.165) is 10.0 Å². The molecule has 0 aliphatic heterocycles. The third-order valence-electron chi connectivity index (χ3n) is 3.09. The number of thioether (sulfide) groups is 1. The highest BCUT2D eigenvalue weighted by atomic mass is 79.9. The molecular weight excluding hydrogens is 377 g/mol. The Kier molecular flexibility index (Phi) is 5.25. The fourth-order valence-electron chi connectivity index (χ4n) is 1.92. The molecule has 0 unspecified atom stereocenters. The Morgan fingerprint density at radius 2 is 1.96 bits per heavy atom. The molecule has 0 aliphatic carbocycles. The summed E-state index contributed by atoms with van der Waals surface area (Å²) >= 11 is 4.64. The summed E-state index contributed by atoms with van der Waals surface area (Å²) in [4.78, 5) is 4.37. The van der Waals surface area contributed by atoms with E-state index in [0.29, 0.717) is 22.3 Å². The summed E-state index contributed by atoms with van der Waals surface area (Å²) in [5, 5.41) is 7.60. The van der Waals surface area contributed by atoms with Gasteiger partial charge < -0.3 is 0 Å². The van der Waals surface area contributed by atoms with Crippen molar-refractivity contribution in [3.05, 3.63) is 75.8 Å². The van der Waals surface area contributed by atoms with Gasteiger partial charge in [0.1, 0.15) is 11.6 Å². The number of nitrogens with one attached hydrogen (secondary N) is 1. The predicted octanol–water partition coefficient (Wildman–Crippen LogP) is 5.17. The highest BCUT2D eigenvalue weighted by Crippen LogP contribution is 2.23. The lowest BCUT2D eigenvalue weighted by Gasteiger charge is -2.01. The lowest BCUT2D eigenvalue weighted by molar-refractivity contribution is 0.616. The molecule has 0 spiro atoms. The van der Waals surface area contributed by atoms with Gasteiger partial charge in [0.25, 0.3) is 0 Å². The summed E-state index contributed by atoms with van der Waals surface area (Å²) in [6.07, 6.45) is 3.83. The molecule has 0 fully saturated rings. The van der Waals surface area contributed by atoms with Crippen LogP contribution >= 0.6 is 27.7 Å². The van der Waals surface area contributed by atoms with Crippen molar-refractivity contribution in [2.75, 3.05) is 0 Å². The quantitative estimate of drug-likeness (QED) is 0.612. The SMILES string of the molecule is Fc1cc(Br)ccc1CSc1n[nH]c(/C=C/c2ccccc2)n1. The van der Waals surface area contributed by atoms with Gasteiger partial charge in [0, 0.05) is 10.2 Å². The minimum absolute atomic E-state index is 0.230. The number of hydrogen-bond donors (Lipinski definition) is 1. The van der Waals surface area contributed by atoms with E-state index in [9.17, 15) is 4.39 Å². The molecule has 0 saturated heterocycles. The first-order chi connectivity index (χ1) is 11.2. The van der Waals surface area contributed by atoms with Gasteiger partial charge >= 0.3 is 0 Å². The molecule has 2 aromatic carbocycles. The van der Waals surface area contributed by atoms with Crippen molar-refractivity contribution in [2.24, 2.45) is 0 Å². The van der Waals surface area contributed by atoms with E-state index in [4.69, 9.17) is 0 Å². The fraction of sp³-hybridized carbons (Fsp3) is 0.0588. The molecule has 3 aromatic rings. The molecule has 0 bridgehead atoms. The van der Waals surface area contributed by atoms with Gasteiger partial charge in [-0.3, -0.25) is 5.10 Å². The van der Waals surface area contributed by atoms with Crippen molar-refractivity contribution in [3.63, 3.8) is 0 Å². The van der Waals surface area contributed by atoms with Crippen LogP contribution in [0.2, 0.25) is 0 Å². The Bertz CT molecular complexity index is 818. The van der Waals surface area contributed by atoms with Gasteiger partial charge in [-0.1, -0.05) is 70.2 Å². The average Bonchev–Trinajstić information content (AvgIpc) is 3.01. The first-order valence-corrected chi connectivity index (χ1v) is 8.71. The Morgan fingerprint density at radius 1 is 1.13 bits per heavy atom. The Balaban J connectivity index is 1.62. The van der Waals surface area contributed by atoms with Crippen LogP contribution in [0.4, 0.5) is 4.39 Å². The average molecular weight is 390 g/mol. The maximum Gasteiger partial charge on any atom is 0.209 e. The maximum atomic E-state index is 13.8. The number of H-pyrrole nitrogens is 1. The largest absolute Gasteiger partial charge is 0.259 e. The molecular formula is C17H13BrFN3S. The molecule has 1 aromatic heterocycles.